The Morgan fingerprint density at radius 2 is 1.75 bits per heavy atom. The lowest BCUT2D eigenvalue weighted by molar-refractivity contribution is -0.301. The van der Waals surface area contributed by atoms with E-state index in [4.69, 9.17) is 9.78 Å². The molecule has 0 atom stereocenters. The van der Waals surface area contributed by atoms with Crippen molar-refractivity contribution in [2.45, 2.75) is 64.5 Å². The van der Waals surface area contributed by atoms with E-state index >= 15 is 0 Å². The van der Waals surface area contributed by atoms with Gasteiger partial charge in [-0.15, -0.1) is 0 Å². The highest BCUT2D eigenvalue weighted by molar-refractivity contribution is 5.96. The normalized spacial score (nSPS) is 19.5. The Balaban J connectivity index is 1.79. The van der Waals surface area contributed by atoms with Crippen LogP contribution in [0.3, 0.4) is 0 Å². The molecule has 0 unspecified atom stereocenters. The second-order valence-corrected chi connectivity index (χ2v) is 9.07. The van der Waals surface area contributed by atoms with Gasteiger partial charge < -0.3 is 15.1 Å². The Bertz CT molecular complexity index is 657. The van der Waals surface area contributed by atoms with E-state index < -0.39 is 11.6 Å². The van der Waals surface area contributed by atoms with Gasteiger partial charge in [0.05, 0.1) is 11.3 Å². The van der Waals surface area contributed by atoms with Crippen LogP contribution in [-0.4, -0.2) is 55.7 Å². The summed E-state index contributed by atoms with van der Waals surface area (Å²) < 4.78 is 0. The Kier molecular flexibility index (Phi) is 6.83. The molecule has 6 heteroatoms. The van der Waals surface area contributed by atoms with Crippen molar-refractivity contribution in [3.63, 3.8) is 0 Å². The van der Waals surface area contributed by atoms with Gasteiger partial charge in [-0.2, -0.15) is 4.89 Å². The molecule has 2 aliphatic rings. The molecule has 0 aromatic heterocycles. The van der Waals surface area contributed by atoms with E-state index in [1.54, 1.807) is 0 Å². The van der Waals surface area contributed by atoms with Crippen molar-refractivity contribution in [3.05, 3.63) is 23.8 Å². The summed E-state index contributed by atoms with van der Waals surface area (Å²) in [6, 6.07) is 6.40. The fraction of sp³-hybridized carbons (Fsp3) is 0.682. The molecule has 1 N–H and O–H groups in total. The number of anilines is 2. The van der Waals surface area contributed by atoms with Gasteiger partial charge in [-0.25, -0.2) is 4.79 Å². The van der Waals surface area contributed by atoms with Gasteiger partial charge in [0.25, 0.3) is 0 Å². The molecule has 2 fully saturated rings. The SMILES string of the molecule is CN1CCN(c2ccc(C(=O)OOC(C)(C)C)c(NC3CCCCC3)c2)CC1. The highest BCUT2D eigenvalue weighted by Crippen LogP contribution is 2.29. The molecule has 1 aliphatic carbocycles. The zero-order valence-electron chi connectivity index (χ0n) is 17.8. The van der Waals surface area contributed by atoms with Crippen LogP contribution in [0.4, 0.5) is 11.4 Å². The summed E-state index contributed by atoms with van der Waals surface area (Å²) in [5.41, 5.74) is 2.00. The third kappa shape index (κ3) is 5.85. The Morgan fingerprint density at radius 1 is 1.07 bits per heavy atom. The van der Waals surface area contributed by atoms with E-state index in [9.17, 15) is 4.79 Å². The lowest BCUT2D eigenvalue weighted by Crippen LogP contribution is -2.44. The molecule has 0 bridgehead atoms. The number of carbonyl (C=O) groups is 1. The van der Waals surface area contributed by atoms with Crippen LogP contribution in [0.15, 0.2) is 18.2 Å². The Hall–Kier alpha value is -1.79. The summed E-state index contributed by atoms with van der Waals surface area (Å²) >= 11 is 0. The van der Waals surface area contributed by atoms with E-state index in [0.717, 1.165) is 50.4 Å². The zero-order valence-corrected chi connectivity index (χ0v) is 17.8. The van der Waals surface area contributed by atoms with Crippen molar-refractivity contribution in [3.8, 4) is 0 Å². The van der Waals surface area contributed by atoms with E-state index in [0.29, 0.717) is 11.6 Å². The van der Waals surface area contributed by atoms with Crippen LogP contribution in [-0.2, 0) is 9.78 Å². The second-order valence-electron chi connectivity index (χ2n) is 9.07. The maximum atomic E-state index is 12.7. The minimum Gasteiger partial charge on any atom is -0.382 e. The molecule has 156 valence electrons. The lowest BCUT2D eigenvalue weighted by atomic mass is 9.95. The third-order valence-electron chi connectivity index (χ3n) is 5.42. The highest BCUT2D eigenvalue weighted by Gasteiger charge is 2.23. The monoisotopic (exact) mass is 389 g/mol. The molecule has 1 saturated carbocycles. The fourth-order valence-electron chi connectivity index (χ4n) is 3.77. The molecule has 28 heavy (non-hydrogen) atoms. The number of piperazine rings is 1. The van der Waals surface area contributed by atoms with E-state index in [1.807, 2.05) is 32.9 Å². The number of nitrogens with zero attached hydrogens (tertiary/aromatic N) is 2. The first-order valence-electron chi connectivity index (χ1n) is 10.6. The topological polar surface area (TPSA) is 54.0 Å². The number of hydrogen-bond acceptors (Lipinski definition) is 6. The maximum Gasteiger partial charge on any atom is 0.375 e. The second kappa shape index (κ2) is 9.14. The molecule has 1 heterocycles. The Labute approximate surface area is 169 Å². The summed E-state index contributed by atoms with van der Waals surface area (Å²) in [6.45, 7) is 9.67. The standard InChI is InChI=1S/C22H35N3O3/c1-22(2,3)28-27-21(26)19-11-10-18(25-14-12-24(4)13-15-25)16-20(19)23-17-8-6-5-7-9-17/h10-11,16-17,23H,5-9,12-15H2,1-4H3. The van der Waals surface area contributed by atoms with Crippen molar-refractivity contribution in [1.82, 2.24) is 4.90 Å². The summed E-state index contributed by atoms with van der Waals surface area (Å²) in [4.78, 5) is 27.8. The molecule has 0 spiro atoms. The quantitative estimate of drug-likeness (QED) is 0.605. The van der Waals surface area contributed by atoms with Gasteiger partial charge in [-0.1, -0.05) is 19.3 Å². The smallest absolute Gasteiger partial charge is 0.375 e. The van der Waals surface area contributed by atoms with E-state index in [-0.39, 0.29) is 0 Å². The largest absolute Gasteiger partial charge is 0.382 e. The molecule has 1 aromatic rings. The minimum absolute atomic E-state index is 0.409. The van der Waals surface area contributed by atoms with Crippen LogP contribution < -0.4 is 10.2 Å². The van der Waals surface area contributed by atoms with E-state index in [1.165, 1.54) is 19.3 Å². The van der Waals surface area contributed by atoms with Gasteiger partial charge in [0.2, 0.25) is 0 Å². The number of likely N-dealkylation sites (N-methyl/N-ethyl adjacent to an activating group) is 1. The molecule has 1 aromatic carbocycles. The predicted octanol–water partition coefficient (Wildman–Crippen LogP) is 4.07. The van der Waals surface area contributed by atoms with Crippen molar-refractivity contribution in [1.29, 1.82) is 0 Å². The fourth-order valence-corrected chi connectivity index (χ4v) is 3.77. The summed E-state index contributed by atoms with van der Waals surface area (Å²) in [6.07, 6.45) is 6.07. The first kappa shape index (κ1) is 20.9. The van der Waals surface area contributed by atoms with Crippen LogP contribution in [0.1, 0.15) is 63.2 Å². The van der Waals surface area contributed by atoms with Crippen LogP contribution in [0.2, 0.25) is 0 Å². The van der Waals surface area contributed by atoms with Gasteiger partial charge in [-0.3, -0.25) is 4.89 Å². The molecule has 0 radical (unpaired) electrons. The van der Waals surface area contributed by atoms with E-state index in [2.05, 4.69) is 28.2 Å². The first-order valence-corrected chi connectivity index (χ1v) is 10.6. The maximum absolute atomic E-state index is 12.7. The molecular formula is C22H35N3O3. The van der Waals surface area contributed by atoms with Gasteiger partial charge in [0.1, 0.15) is 5.60 Å². The van der Waals surface area contributed by atoms with Gasteiger partial charge in [0, 0.05) is 37.9 Å². The number of carbonyl (C=O) groups excluding carboxylic acids is 1. The van der Waals surface area contributed by atoms with Gasteiger partial charge >= 0.3 is 5.97 Å². The first-order chi connectivity index (χ1) is 13.3. The van der Waals surface area contributed by atoms with Crippen molar-refractivity contribution < 1.29 is 14.6 Å². The molecule has 1 saturated heterocycles. The molecule has 3 rings (SSSR count). The number of benzene rings is 1. The van der Waals surface area contributed by atoms with Crippen molar-refractivity contribution in [2.75, 3.05) is 43.4 Å². The van der Waals surface area contributed by atoms with Gasteiger partial charge in [0.15, 0.2) is 0 Å². The molecule has 0 amide bonds. The molecule has 6 nitrogen and oxygen atoms in total. The Morgan fingerprint density at radius 3 is 2.39 bits per heavy atom. The van der Waals surface area contributed by atoms with Crippen molar-refractivity contribution >= 4 is 17.3 Å². The minimum atomic E-state index is -0.535. The number of hydrogen-bond donors (Lipinski definition) is 1. The van der Waals surface area contributed by atoms with Crippen LogP contribution in [0.25, 0.3) is 0 Å². The molecule has 1 aliphatic heterocycles. The van der Waals surface area contributed by atoms with Gasteiger partial charge in [-0.05, 0) is 58.9 Å². The number of rotatable bonds is 5. The van der Waals surface area contributed by atoms with Crippen LogP contribution in [0, 0.1) is 0 Å². The van der Waals surface area contributed by atoms with Crippen LogP contribution in [0.5, 0.6) is 0 Å². The zero-order chi connectivity index (χ0) is 20.1. The summed E-state index contributed by atoms with van der Waals surface area (Å²) in [5, 5.41) is 3.62. The predicted molar refractivity (Wildman–Crippen MR) is 113 cm³/mol. The average molecular weight is 390 g/mol. The summed E-state index contributed by atoms with van der Waals surface area (Å²) in [5.74, 6) is -0.446. The highest BCUT2D eigenvalue weighted by atomic mass is 17.2. The van der Waals surface area contributed by atoms with Crippen molar-refractivity contribution in [2.24, 2.45) is 0 Å². The summed E-state index contributed by atoms with van der Waals surface area (Å²) in [7, 11) is 2.15. The lowest BCUT2D eigenvalue weighted by Gasteiger charge is -2.34. The van der Waals surface area contributed by atoms with Crippen LogP contribution >= 0.6 is 0 Å². The third-order valence-corrected chi connectivity index (χ3v) is 5.42. The molecular weight excluding hydrogens is 354 g/mol. The number of nitrogens with one attached hydrogen (secondary N) is 1. The average Bonchev–Trinajstić information content (AvgIpc) is 2.67.